The zero-order chi connectivity index (χ0) is 11.9. The third kappa shape index (κ3) is 19.5. The Morgan fingerprint density at radius 3 is 2.07 bits per heavy atom. The molecule has 0 bridgehead atoms. The fourth-order valence-electron chi connectivity index (χ4n) is 0.940. The van der Waals surface area contributed by atoms with E-state index in [4.69, 9.17) is 0 Å². The second kappa shape index (κ2) is 15.5. The average Bonchev–Trinajstić information content (AvgIpc) is 2.27. The fraction of sp³-hybridized carbons (Fsp3) is 0.692. The van der Waals surface area contributed by atoms with E-state index in [1.54, 1.807) is 0 Å². The first-order valence-electron chi connectivity index (χ1n) is 5.79. The van der Waals surface area contributed by atoms with Gasteiger partial charge in [0.2, 0.25) is 0 Å². The van der Waals surface area contributed by atoms with Crippen LogP contribution in [0.1, 0.15) is 58.8 Å². The smallest absolute Gasteiger partial charge is 0.145 e. The number of allylic oxidation sites excluding steroid dienone is 1. The molecule has 0 aromatic carbocycles. The molecule has 0 fully saturated rings. The zero-order valence-electron chi connectivity index (χ0n) is 10.1. The van der Waals surface area contributed by atoms with Gasteiger partial charge in [-0.1, -0.05) is 39.7 Å². The van der Waals surface area contributed by atoms with Crippen molar-refractivity contribution in [2.75, 3.05) is 0 Å². The molecule has 2 nitrogen and oxygen atoms in total. The predicted octanol–water partition coefficient (Wildman–Crippen LogP) is 3.70. The lowest BCUT2D eigenvalue weighted by Gasteiger charge is -1.90. The molecule has 0 heterocycles. The highest BCUT2D eigenvalue weighted by atomic mass is 16.1. The van der Waals surface area contributed by atoms with Gasteiger partial charge in [0.15, 0.2) is 0 Å². The molecule has 0 aromatic heterocycles. The quantitative estimate of drug-likeness (QED) is 0.349. The lowest BCUT2D eigenvalue weighted by Crippen LogP contribution is -1.80. The second-order valence-corrected chi connectivity index (χ2v) is 3.54. The molecular weight excluding hydrogens is 188 g/mol. The molecule has 0 aliphatic rings. The molecule has 0 saturated heterocycles. The molecule has 0 aromatic rings. The number of rotatable bonds is 8. The van der Waals surface area contributed by atoms with Crippen LogP contribution in [-0.4, -0.2) is 12.6 Å². The molecule has 0 unspecified atom stereocenters. The van der Waals surface area contributed by atoms with E-state index in [0.29, 0.717) is 5.57 Å². The minimum Gasteiger partial charge on any atom is -0.303 e. The average molecular weight is 212 g/mol. The van der Waals surface area contributed by atoms with E-state index in [1.165, 1.54) is 12.8 Å². The van der Waals surface area contributed by atoms with Crippen molar-refractivity contribution in [1.82, 2.24) is 0 Å². The maximum Gasteiger partial charge on any atom is 0.145 e. The highest BCUT2D eigenvalue weighted by Crippen LogP contribution is 2.00. The summed E-state index contributed by atoms with van der Waals surface area (Å²) in [6.45, 7) is 7.77. The summed E-state index contributed by atoms with van der Waals surface area (Å²) in [5.41, 5.74) is 0.715. The maximum atomic E-state index is 9.91. The van der Waals surface area contributed by atoms with E-state index in [-0.39, 0.29) is 0 Å². The minimum absolute atomic E-state index is 0.715. The fourth-order valence-corrected chi connectivity index (χ4v) is 0.940. The Labute approximate surface area is 93.8 Å². The largest absolute Gasteiger partial charge is 0.303 e. The number of carbonyl (C=O) groups excluding carboxylic acids is 2. The predicted molar refractivity (Wildman–Crippen MR) is 64.9 cm³/mol. The first kappa shape index (κ1) is 16.5. The molecule has 88 valence electrons. The van der Waals surface area contributed by atoms with Crippen molar-refractivity contribution in [3.8, 4) is 0 Å². The van der Waals surface area contributed by atoms with Gasteiger partial charge >= 0.3 is 0 Å². The molecule has 0 N–H and O–H groups in total. The van der Waals surface area contributed by atoms with E-state index in [1.807, 2.05) is 0 Å². The van der Waals surface area contributed by atoms with Gasteiger partial charge in [-0.05, 0) is 24.8 Å². The summed E-state index contributed by atoms with van der Waals surface area (Å²) in [4.78, 5) is 19.6. The molecule has 15 heavy (non-hydrogen) atoms. The van der Waals surface area contributed by atoms with Crippen molar-refractivity contribution in [1.29, 1.82) is 0 Å². The number of carbonyl (C=O) groups is 2. The zero-order valence-corrected chi connectivity index (χ0v) is 10.1. The van der Waals surface area contributed by atoms with Crippen LogP contribution in [0.15, 0.2) is 12.2 Å². The van der Waals surface area contributed by atoms with E-state index in [0.717, 1.165) is 44.7 Å². The van der Waals surface area contributed by atoms with Crippen LogP contribution in [0.25, 0.3) is 0 Å². The normalized spacial score (nSPS) is 8.67. The SMILES string of the molecule is C=C(C=O)CCCC.CCCCCC=O. The minimum atomic E-state index is 0.715. The summed E-state index contributed by atoms with van der Waals surface area (Å²) in [5, 5.41) is 0. The lowest BCUT2D eigenvalue weighted by atomic mass is 10.1. The van der Waals surface area contributed by atoms with Gasteiger partial charge in [-0.25, -0.2) is 0 Å². The summed E-state index contributed by atoms with van der Waals surface area (Å²) in [6, 6.07) is 0. The highest BCUT2D eigenvalue weighted by Gasteiger charge is 1.87. The van der Waals surface area contributed by atoms with Gasteiger partial charge in [0.25, 0.3) is 0 Å². The van der Waals surface area contributed by atoms with Crippen molar-refractivity contribution in [2.24, 2.45) is 0 Å². The lowest BCUT2D eigenvalue weighted by molar-refractivity contribution is -0.108. The molecule has 0 saturated carbocycles. The van der Waals surface area contributed by atoms with Crippen LogP contribution in [0.5, 0.6) is 0 Å². The Morgan fingerprint density at radius 1 is 1.07 bits per heavy atom. The molecule has 0 atom stereocenters. The Hall–Kier alpha value is -0.920. The summed E-state index contributed by atoms with van der Waals surface area (Å²) in [5.74, 6) is 0. The van der Waals surface area contributed by atoms with Crippen LogP contribution in [-0.2, 0) is 9.59 Å². The number of hydrogen-bond acceptors (Lipinski definition) is 2. The molecule has 0 amide bonds. The topological polar surface area (TPSA) is 34.1 Å². The van der Waals surface area contributed by atoms with E-state index < -0.39 is 0 Å². The van der Waals surface area contributed by atoms with Gasteiger partial charge in [0, 0.05) is 6.42 Å². The third-order valence-corrected chi connectivity index (χ3v) is 1.94. The van der Waals surface area contributed by atoms with Crippen LogP contribution in [0.2, 0.25) is 0 Å². The third-order valence-electron chi connectivity index (χ3n) is 1.94. The first-order valence-corrected chi connectivity index (χ1v) is 5.79. The Balaban J connectivity index is 0. The standard InChI is InChI=1S/C7H12O.C6H12O/c1-3-4-5-7(2)6-8;1-2-3-4-5-6-7/h6H,2-5H2,1H3;6H,2-5H2,1H3. The molecule has 2 heteroatoms. The van der Waals surface area contributed by atoms with Crippen molar-refractivity contribution in [2.45, 2.75) is 58.8 Å². The van der Waals surface area contributed by atoms with Crippen molar-refractivity contribution in [3.63, 3.8) is 0 Å². The van der Waals surface area contributed by atoms with Gasteiger partial charge in [-0.15, -0.1) is 0 Å². The Bertz CT molecular complexity index is 162. The van der Waals surface area contributed by atoms with Gasteiger partial charge in [0.1, 0.15) is 12.6 Å². The van der Waals surface area contributed by atoms with Crippen molar-refractivity contribution in [3.05, 3.63) is 12.2 Å². The van der Waals surface area contributed by atoms with E-state index in [2.05, 4.69) is 20.4 Å². The molecule has 0 aliphatic heterocycles. The Kier molecular flexibility index (Phi) is 17.1. The van der Waals surface area contributed by atoms with E-state index in [9.17, 15) is 9.59 Å². The molecule has 0 spiro atoms. The molecule has 0 rings (SSSR count). The molecule has 0 radical (unpaired) electrons. The van der Waals surface area contributed by atoms with Crippen LogP contribution in [0, 0.1) is 0 Å². The first-order chi connectivity index (χ1) is 7.22. The van der Waals surface area contributed by atoms with Crippen LogP contribution in [0.3, 0.4) is 0 Å². The van der Waals surface area contributed by atoms with Crippen molar-refractivity contribution >= 4 is 12.6 Å². The Morgan fingerprint density at radius 2 is 1.67 bits per heavy atom. The summed E-state index contributed by atoms with van der Waals surface area (Å²) < 4.78 is 0. The van der Waals surface area contributed by atoms with Gasteiger partial charge in [0.05, 0.1) is 0 Å². The number of aldehydes is 2. The van der Waals surface area contributed by atoms with Crippen LogP contribution < -0.4 is 0 Å². The van der Waals surface area contributed by atoms with Gasteiger partial charge in [-0.2, -0.15) is 0 Å². The summed E-state index contributed by atoms with van der Waals surface area (Å²) >= 11 is 0. The number of hydrogen-bond donors (Lipinski definition) is 0. The summed E-state index contributed by atoms with van der Waals surface area (Å²) in [7, 11) is 0. The second-order valence-electron chi connectivity index (χ2n) is 3.54. The van der Waals surface area contributed by atoms with Crippen LogP contribution in [0.4, 0.5) is 0 Å². The van der Waals surface area contributed by atoms with Crippen LogP contribution >= 0.6 is 0 Å². The van der Waals surface area contributed by atoms with Gasteiger partial charge in [-0.3, -0.25) is 4.79 Å². The maximum absolute atomic E-state index is 9.91. The molecular formula is C13H24O2. The number of unbranched alkanes of at least 4 members (excludes halogenated alkanes) is 4. The van der Waals surface area contributed by atoms with Crippen molar-refractivity contribution < 1.29 is 9.59 Å². The van der Waals surface area contributed by atoms with E-state index >= 15 is 0 Å². The highest BCUT2D eigenvalue weighted by molar-refractivity contribution is 5.71. The summed E-state index contributed by atoms with van der Waals surface area (Å²) in [6.07, 6.45) is 9.09. The monoisotopic (exact) mass is 212 g/mol. The van der Waals surface area contributed by atoms with Gasteiger partial charge < -0.3 is 4.79 Å². The molecule has 0 aliphatic carbocycles.